The van der Waals surface area contributed by atoms with Crippen molar-refractivity contribution in [2.24, 2.45) is 0 Å². The number of hydrogen-bond acceptors (Lipinski definition) is 6. The van der Waals surface area contributed by atoms with E-state index >= 15 is 0 Å². The Labute approximate surface area is 309 Å². The lowest BCUT2D eigenvalue weighted by Crippen LogP contribution is -2.37. The Bertz CT molecular complexity index is 858. The van der Waals surface area contributed by atoms with Crippen molar-refractivity contribution in [3.63, 3.8) is 0 Å². The Balaban J connectivity index is 4.28. The molecule has 0 bridgehead atoms. The van der Waals surface area contributed by atoms with E-state index in [0.29, 0.717) is 24.1 Å². The fourth-order valence-electron chi connectivity index (χ4n) is 5.51. The van der Waals surface area contributed by atoms with E-state index in [4.69, 9.17) is 18.5 Å². The van der Waals surface area contributed by atoms with Gasteiger partial charge in [0.25, 0.3) is 0 Å². The molecule has 0 aliphatic carbocycles. The van der Waals surface area contributed by atoms with E-state index in [9.17, 15) is 14.3 Å². The minimum atomic E-state index is -4.27. The van der Waals surface area contributed by atoms with E-state index in [0.717, 1.165) is 57.8 Å². The second kappa shape index (κ2) is 35.0. The minimum absolute atomic E-state index is 0.0874. The number of carbonyl (C=O) groups is 1. The standard InChI is InChI=1S/C41H80NO7P/c1-6-8-10-12-14-16-18-20-22-24-26-28-30-32-34-41(43)49-40(39-48-50(44,45)47-37-35-42(3,4)5)38-46-36-33-31-29-27-25-23-21-19-17-15-13-11-9-7-2/h12,14,18,20,40H,6-11,13,15-17,19,21-39H2,1-5H3/p+1/b14-12-,20-18-/t40-/m1/s1. The highest BCUT2D eigenvalue weighted by atomic mass is 31.2. The van der Waals surface area contributed by atoms with Gasteiger partial charge in [0, 0.05) is 13.0 Å². The first-order valence-corrected chi connectivity index (χ1v) is 22.1. The van der Waals surface area contributed by atoms with Crippen LogP contribution in [0.5, 0.6) is 0 Å². The van der Waals surface area contributed by atoms with Crippen LogP contribution in [0, 0.1) is 0 Å². The van der Waals surface area contributed by atoms with Gasteiger partial charge in [0.05, 0.1) is 34.4 Å². The molecular formula is C41H81NO7P+. The van der Waals surface area contributed by atoms with Crippen LogP contribution in [-0.4, -0.2) is 75.6 Å². The van der Waals surface area contributed by atoms with E-state index in [1.54, 1.807) is 0 Å². The maximum Gasteiger partial charge on any atom is 0.472 e. The zero-order chi connectivity index (χ0) is 37.0. The Morgan fingerprint density at radius 3 is 1.68 bits per heavy atom. The van der Waals surface area contributed by atoms with Crippen LogP contribution in [0.2, 0.25) is 0 Å². The molecule has 0 aromatic heterocycles. The molecule has 0 amide bonds. The number of rotatable bonds is 38. The third-order valence-electron chi connectivity index (χ3n) is 8.77. The van der Waals surface area contributed by atoms with E-state index in [1.807, 2.05) is 21.1 Å². The summed E-state index contributed by atoms with van der Waals surface area (Å²) in [4.78, 5) is 22.8. The van der Waals surface area contributed by atoms with Crippen LogP contribution >= 0.6 is 7.82 Å². The number of ether oxygens (including phenoxy) is 2. The molecule has 296 valence electrons. The smallest absolute Gasteiger partial charge is 0.457 e. The van der Waals surface area contributed by atoms with Crippen molar-refractivity contribution in [1.82, 2.24) is 0 Å². The van der Waals surface area contributed by atoms with E-state index in [1.165, 1.54) is 96.3 Å². The van der Waals surface area contributed by atoms with Gasteiger partial charge in [-0.25, -0.2) is 4.57 Å². The molecule has 1 unspecified atom stereocenters. The van der Waals surface area contributed by atoms with Crippen LogP contribution in [0.4, 0.5) is 0 Å². The highest BCUT2D eigenvalue weighted by Crippen LogP contribution is 2.43. The van der Waals surface area contributed by atoms with E-state index in [-0.39, 0.29) is 25.8 Å². The van der Waals surface area contributed by atoms with Gasteiger partial charge < -0.3 is 18.9 Å². The first-order chi connectivity index (χ1) is 24.1. The molecule has 0 fully saturated rings. The van der Waals surface area contributed by atoms with Gasteiger partial charge in [-0.15, -0.1) is 0 Å². The Morgan fingerprint density at radius 1 is 0.620 bits per heavy atom. The Hall–Kier alpha value is -1.02. The van der Waals surface area contributed by atoms with Crippen molar-refractivity contribution >= 4 is 13.8 Å². The normalized spacial score (nSPS) is 14.1. The van der Waals surface area contributed by atoms with Crippen molar-refractivity contribution in [1.29, 1.82) is 0 Å². The summed E-state index contributed by atoms with van der Waals surface area (Å²) < 4.78 is 34.9. The summed E-state index contributed by atoms with van der Waals surface area (Å²) in [5, 5.41) is 0. The fourth-order valence-corrected chi connectivity index (χ4v) is 6.25. The molecule has 0 saturated carbocycles. The molecule has 0 aromatic carbocycles. The number of phosphoric ester groups is 1. The van der Waals surface area contributed by atoms with E-state index < -0.39 is 13.9 Å². The quantitative estimate of drug-likeness (QED) is 0.0222. The first-order valence-electron chi connectivity index (χ1n) is 20.6. The summed E-state index contributed by atoms with van der Waals surface area (Å²) in [6, 6.07) is 0. The molecule has 0 saturated heterocycles. The Morgan fingerprint density at radius 2 is 1.12 bits per heavy atom. The van der Waals surface area contributed by atoms with Crippen molar-refractivity contribution in [2.75, 3.05) is 54.1 Å². The van der Waals surface area contributed by atoms with Gasteiger partial charge in [0.15, 0.2) is 0 Å². The number of phosphoric acid groups is 1. The molecule has 2 atom stereocenters. The van der Waals surface area contributed by atoms with Crippen LogP contribution < -0.4 is 0 Å². The van der Waals surface area contributed by atoms with Crippen LogP contribution in [-0.2, 0) is 27.9 Å². The number of likely N-dealkylation sites (N-methyl/N-ethyl adjacent to an activating group) is 1. The predicted octanol–water partition coefficient (Wildman–Crippen LogP) is 11.7. The molecule has 9 heteroatoms. The largest absolute Gasteiger partial charge is 0.472 e. The number of quaternary nitrogens is 1. The van der Waals surface area contributed by atoms with Crippen molar-refractivity contribution < 1.29 is 37.3 Å². The molecule has 50 heavy (non-hydrogen) atoms. The van der Waals surface area contributed by atoms with Crippen LogP contribution in [0.1, 0.15) is 174 Å². The predicted molar refractivity (Wildman–Crippen MR) is 210 cm³/mol. The summed E-state index contributed by atoms with van der Waals surface area (Å²) in [6.45, 7) is 5.58. The minimum Gasteiger partial charge on any atom is -0.457 e. The third kappa shape index (κ3) is 38.2. The van der Waals surface area contributed by atoms with Gasteiger partial charge in [0.1, 0.15) is 19.3 Å². The summed E-state index contributed by atoms with van der Waals surface area (Å²) in [6.07, 6.45) is 37.7. The summed E-state index contributed by atoms with van der Waals surface area (Å²) in [5.74, 6) is -0.327. The molecular weight excluding hydrogens is 649 g/mol. The fraction of sp³-hybridized carbons (Fsp3) is 0.878. The maximum absolute atomic E-state index is 12.6. The monoisotopic (exact) mass is 731 g/mol. The topological polar surface area (TPSA) is 91.3 Å². The van der Waals surface area contributed by atoms with Crippen LogP contribution in [0.3, 0.4) is 0 Å². The maximum atomic E-state index is 12.6. The average molecular weight is 731 g/mol. The van der Waals surface area contributed by atoms with Gasteiger partial charge in [-0.2, -0.15) is 0 Å². The van der Waals surface area contributed by atoms with Crippen molar-refractivity contribution in [2.45, 2.75) is 180 Å². The first kappa shape index (κ1) is 49.0. The number of carbonyl (C=O) groups excluding carboxylic acids is 1. The lowest BCUT2D eigenvalue weighted by molar-refractivity contribution is -0.870. The van der Waals surface area contributed by atoms with Gasteiger partial charge in [-0.05, 0) is 38.5 Å². The molecule has 0 spiro atoms. The van der Waals surface area contributed by atoms with Gasteiger partial charge >= 0.3 is 13.8 Å². The van der Waals surface area contributed by atoms with Crippen molar-refractivity contribution in [3.8, 4) is 0 Å². The lowest BCUT2D eigenvalue weighted by Gasteiger charge is -2.24. The average Bonchev–Trinajstić information content (AvgIpc) is 3.06. The summed E-state index contributed by atoms with van der Waals surface area (Å²) in [5.41, 5.74) is 0. The van der Waals surface area contributed by atoms with E-state index in [2.05, 4.69) is 38.2 Å². The Kier molecular flexibility index (Phi) is 34.3. The molecule has 1 N–H and O–H groups in total. The second-order valence-electron chi connectivity index (χ2n) is 15.0. The second-order valence-corrected chi connectivity index (χ2v) is 16.5. The molecule has 0 radical (unpaired) electrons. The zero-order valence-corrected chi connectivity index (χ0v) is 34.3. The number of hydrogen-bond donors (Lipinski definition) is 1. The van der Waals surface area contributed by atoms with Gasteiger partial charge in [0.2, 0.25) is 0 Å². The number of esters is 1. The van der Waals surface area contributed by atoms with Crippen LogP contribution in [0.25, 0.3) is 0 Å². The number of unbranched alkanes of at least 4 members (excludes halogenated alkanes) is 20. The molecule has 0 aliphatic heterocycles. The molecule has 0 rings (SSSR count). The van der Waals surface area contributed by atoms with Gasteiger partial charge in [-0.1, -0.05) is 154 Å². The summed E-state index contributed by atoms with van der Waals surface area (Å²) in [7, 11) is 1.66. The summed E-state index contributed by atoms with van der Waals surface area (Å²) >= 11 is 0. The SMILES string of the molecule is CCCC/C=C\C/C=C\CCCCCCCC(=O)O[C@H](COCCCCCCCCCCCCCCCC)COP(=O)(O)OCC[N+](C)(C)C. The molecule has 8 nitrogen and oxygen atoms in total. The lowest BCUT2D eigenvalue weighted by atomic mass is 10.0. The number of nitrogens with zero attached hydrogens (tertiary/aromatic N) is 1. The molecule has 0 aromatic rings. The van der Waals surface area contributed by atoms with Crippen molar-refractivity contribution in [3.05, 3.63) is 24.3 Å². The molecule has 0 aliphatic rings. The van der Waals surface area contributed by atoms with Crippen LogP contribution in [0.15, 0.2) is 24.3 Å². The highest BCUT2D eigenvalue weighted by Gasteiger charge is 2.26. The zero-order valence-electron chi connectivity index (χ0n) is 33.4. The highest BCUT2D eigenvalue weighted by molar-refractivity contribution is 7.47. The third-order valence-corrected chi connectivity index (χ3v) is 9.75. The molecule has 0 heterocycles. The van der Waals surface area contributed by atoms with Gasteiger partial charge in [-0.3, -0.25) is 13.8 Å². The number of allylic oxidation sites excluding steroid dienone is 4.